The normalized spacial score (nSPS) is 15.7. The molecule has 1 aromatic carbocycles. The Balaban J connectivity index is 1.45. The largest absolute Gasteiger partial charge is 0.353 e. The third kappa shape index (κ3) is 5.01. The lowest BCUT2D eigenvalue weighted by Gasteiger charge is -2.34. The highest BCUT2D eigenvalue weighted by Gasteiger charge is 2.26. The molecule has 0 atom stereocenters. The number of benzene rings is 1. The second-order valence-electron chi connectivity index (χ2n) is 9.19. The van der Waals surface area contributed by atoms with Gasteiger partial charge in [0.1, 0.15) is 5.82 Å². The van der Waals surface area contributed by atoms with Gasteiger partial charge in [-0.05, 0) is 42.2 Å². The Hall–Kier alpha value is -2.98. The molecule has 0 spiro atoms. The molecule has 10 heteroatoms. The van der Waals surface area contributed by atoms with E-state index in [1.54, 1.807) is 17.6 Å². The smallest absolute Gasteiger partial charge is 0.256 e. The van der Waals surface area contributed by atoms with E-state index in [0.29, 0.717) is 43.2 Å². The summed E-state index contributed by atoms with van der Waals surface area (Å²) in [6.07, 6.45) is 1.68. The molecule has 3 heterocycles. The van der Waals surface area contributed by atoms with E-state index in [1.807, 2.05) is 36.4 Å². The summed E-state index contributed by atoms with van der Waals surface area (Å²) in [7, 11) is -3.17. The zero-order valence-corrected chi connectivity index (χ0v) is 20.3. The SMILES string of the molecule is CCS(=O)(=O)N1CCN(c2ccc3nc(NC(=O)c4ccc(C(C)(C)C)cc4)cn3n2)CC1. The molecule has 176 valence electrons. The van der Waals surface area contributed by atoms with E-state index in [4.69, 9.17) is 0 Å². The fourth-order valence-electron chi connectivity index (χ4n) is 3.79. The summed E-state index contributed by atoms with van der Waals surface area (Å²) in [6.45, 7) is 10.1. The van der Waals surface area contributed by atoms with E-state index < -0.39 is 10.0 Å². The molecule has 0 unspecified atom stereocenters. The second-order valence-corrected chi connectivity index (χ2v) is 11.4. The minimum absolute atomic E-state index is 0.0247. The van der Waals surface area contributed by atoms with Gasteiger partial charge in [0.25, 0.3) is 5.91 Å². The summed E-state index contributed by atoms with van der Waals surface area (Å²) in [5, 5.41) is 7.44. The summed E-state index contributed by atoms with van der Waals surface area (Å²) in [5.41, 5.74) is 2.37. The van der Waals surface area contributed by atoms with Gasteiger partial charge in [-0.1, -0.05) is 32.9 Å². The first-order valence-electron chi connectivity index (χ1n) is 11.1. The summed E-state index contributed by atoms with van der Waals surface area (Å²) in [4.78, 5) is 19.2. The van der Waals surface area contributed by atoms with Gasteiger partial charge in [0, 0.05) is 31.7 Å². The van der Waals surface area contributed by atoms with E-state index in [9.17, 15) is 13.2 Å². The molecule has 9 nitrogen and oxygen atoms in total. The molecule has 1 N–H and O–H groups in total. The van der Waals surface area contributed by atoms with Crippen LogP contribution in [0, 0.1) is 0 Å². The van der Waals surface area contributed by atoms with Crippen LogP contribution in [0.4, 0.5) is 11.6 Å². The van der Waals surface area contributed by atoms with Crippen molar-refractivity contribution in [3.63, 3.8) is 0 Å². The van der Waals surface area contributed by atoms with Gasteiger partial charge in [-0.2, -0.15) is 4.31 Å². The Morgan fingerprint density at radius 1 is 1.03 bits per heavy atom. The van der Waals surface area contributed by atoms with Gasteiger partial charge < -0.3 is 10.2 Å². The molecule has 1 fully saturated rings. The number of anilines is 2. The first-order chi connectivity index (χ1) is 15.6. The van der Waals surface area contributed by atoms with Crippen LogP contribution in [0.2, 0.25) is 0 Å². The fourth-order valence-corrected chi connectivity index (χ4v) is 4.87. The van der Waals surface area contributed by atoms with Crippen LogP contribution in [0.3, 0.4) is 0 Å². The number of sulfonamides is 1. The Bertz CT molecular complexity index is 1250. The van der Waals surface area contributed by atoms with Gasteiger partial charge in [0.15, 0.2) is 11.5 Å². The first kappa shape index (κ1) is 23.2. The third-order valence-electron chi connectivity index (χ3n) is 5.88. The van der Waals surface area contributed by atoms with Crippen LogP contribution in [-0.4, -0.2) is 65.2 Å². The highest BCUT2D eigenvalue weighted by atomic mass is 32.2. The number of carbonyl (C=O) groups is 1. The number of carbonyl (C=O) groups excluding carboxylic acids is 1. The molecular weight excluding hydrogens is 440 g/mol. The van der Waals surface area contributed by atoms with E-state index in [1.165, 1.54) is 4.31 Å². The zero-order valence-electron chi connectivity index (χ0n) is 19.4. The maximum absolute atomic E-state index is 12.7. The van der Waals surface area contributed by atoms with Crippen molar-refractivity contribution in [2.75, 3.05) is 42.1 Å². The number of rotatable bonds is 5. The van der Waals surface area contributed by atoms with Crippen LogP contribution in [0.5, 0.6) is 0 Å². The van der Waals surface area contributed by atoms with Gasteiger partial charge in [-0.25, -0.2) is 17.9 Å². The number of fused-ring (bicyclic) bond motifs is 1. The molecule has 1 aliphatic rings. The van der Waals surface area contributed by atoms with Crippen molar-refractivity contribution in [3.05, 3.63) is 53.7 Å². The van der Waals surface area contributed by atoms with E-state index in [-0.39, 0.29) is 17.1 Å². The molecule has 0 bridgehead atoms. The molecular formula is C23H30N6O3S. The number of piperazine rings is 1. The van der Waals surface area contributed by atoms with Crippen molar-refractivity contribution in [2.24, 2.45) is 0 Å². The topological polar surface area (TPSA) is 99.9 Å². The Kier molecular flexibility index (Phi) is 6.15. The van der Waals surface area contributed by atoms with Crippen molar-refractivity contribution in [3.8, 4) is 0 Å². The van der Waals surface area contributed by atoms with Crippen LogP contribution in [0.15, 0.2) is 42.6 Å². The number of imidazole rings is 1. The van der Waals surface area contributed by atoms with Crippen LogP contribution in [-0.2, 0) is 15.4 Å². The van der Waals surface area contributed by atoms with Gasteiger partial charge in [-0.15, -0.1) is 5.10 Å². The van der Waals surface area contributed by atoms with E-state index in [0.717, 1.165) is 11.4 Å². The Morgan fingerprint density at radius 2 is 1.70 bits per heavy atom. The van der Waals surface area contributed by atoms with Gasteiger partial charge >= 0.3 is 0 Å². The van der Waals surface area contributed by atoms with Crippen molar-refractivity contribution in [2.45, 2.75) is 33.1 Å². The molecule has 2 aromatic heterocycles. The zero-order chi connectivity index (χ0) is 23.8. The lowest BCUT2D eigenvalue weighted by Crippen LogP contribution is -2.49. The number of nitrogens with one attached hydrogen (secondary N) is 1. The number of amides is 1. The maximum atomic E-state index is 12.7. The highest BCUT2D eigenvalue weighted by Crippen LogP contribution is 2.23. The maximum Gasteiger partial charge on any atom is 0.256 e. The van der Waals surface area contributed by atoms with Crippen molar-refractivity contribution in [1.82, 2.24) is 18.9 Å². The Labute approximate surface area is 194 Å². The monoisotopic (exact) mass is 470 g/mol. The summed E-state index contributed by atoms with van der Waals surface area (Å²) in [6, 6.07) is 11.3. The molecule has 1 amide bonds. The number of aromatic nitrogens is 3. The third-order valence-corrected chi connectivity index (χ3v) is 7.76. The lowest BCUT2D eigenvalue weighted by atomic mass is 9.87. The quantitative estimate of drug-likeness (QED) is 0.616. The van der Waals surface area contributed by atoms with Crippen LogP contribution < -0.4 is 10.2 Å². The molecule has 1 saturated heterocycles. The minimum Gasteiger partial charge on any atom is -0.353 e. The van der Waals surface area contributed by atoms with Crippen LogP contribution in [0.25, 0.3) is 5.65 Å². The predicted molar refractivity (Wildman–Crippen MR) is 129 cm³/mol. The standard InChI is InChI=1S/C23H30N6O3S/c1-5-33(31,32)28-14-12-27(13-15-28)21-11-10-20-24-19(16-29(20)26-21)25-22(30)17-6-8-18(9-7-17)23(2,3)4/h6-11,16H,5,12-15H2,1-4H3,(H,25,30). The summed E-state index contributed by atoms with van der Waals surface area (Å²) >= 11 is 0. The predicted octanol–water partition coefficient (Wildman–Crippen LogP) is 2.75. The van der Waals surface area contributed by atoms with Crippen LogP contribution in [0.1, 0.15) is 43.6 Å². The second kappa shape index (κ2) is 8.75. The molecule has 0 aliphatic carbocycles. The molecule has 3 aromatic rings. The van der Waals surface area contributed by atoms with Crippen molar-refractivity contribution < 1.29 is 13.2 Å². The van der Waals surface area contributed by atoms with Gasteiger partial charge in [0.2, 0.25) is 10.0 Å². The Morgan fingerprint density at radius 3 is 2.30 bits per heavy atom. The fraction of sp³-hybridized carbons (Fsp3) is 0.435. The first-order valence-corrected chi connectivity index (χ1v) is 12.7. The lowest BCUT2D eigenvalue weighted by molar-refractivity contribution is 0.102. The van der Waals surface area contributed by atoms with Crippen molar-refractivity contribution in [1.29, 1.82) is 0 Å². The molecule has 4 rings (SSSR count). The van der Waals surface area contributed by atoms with E-state index >= 15 is 0 Å². The molecule has 1 aliphatic heterocycles. The van der Waals surface area contributed by atoms with E-state index in [2.05, 4.69) is 41.1 Å². The number of hydrogen-bond acceptors (Lipinski definition) is 6. The highest BCUT2D eigenvalue weighted by molar-refractivity contribution is 7.89. The van der Waals surface area contributed by atoms with Gasteiger partial charge in [-0.3, -0.25) is 4.79 Å². The van der Waals surface area contributed by atoms with Crippen LogP contribution >= 0.6 is 0 Å². The molecule has 0 saturated carbocycles. The average molecular weight is 471 g/mol. The summed E-state index contributed by atoms with van der Waals surface area (Å²) < 4.78 is 27.3. The minimum atomic E-state index is -3.17. The van der Waals surface area contributed by atoms with Crippen molar-refractivity contribution >= 4 is 33.2 Å². The average Bonchev–Trinajstić information content (AvgIpc) is 3.20. The summed E-state index contributed by atoms with van der Waals surface area (Å²) in [5.74, 6) is 1.04. The molecule has 0 radical (unpaired) electrons. The molecule has 33 heavy (non-hydrogen) atoms. The number of hydrogen-bond donors (Lipinski definition) is 1. The van der Waals surface area contributed by atoms with Gasteiger partial charge in [0.05, 0.1) is 11.9 Å². The number of nitrogens with zero attached hydrogens (tertiary/aromatic N) is 5.